The van der Waals surface area contributed by atoms with E-state index in [9.17, 15) is 8.42 Å². The fourth-order valence-corrected chi connectivity index (χ4v) is 4.13. The van der Waals surface area contributed by atoms with E-state index in [4.69, 9.17) is 23.2 Å². The zero-order chi connectivity index (χ0) is 13.3. The third-order valence-corrected chi connectivity index (χ3v) is 5.43. The van der Waals surface area contributed by atoms with Crippen molar-refractivity contribution in [2.24, 2.45) is 0 Å². The lowest BCUT2D eigenvalue weighted by Gasteiger charge is -2.05. The second kappa shape index (κ2) is 5.00. The van der Waals surface area contributed by atoms with Gasteiger partial charge in [-0.3, -0.25) is 4.72 Å². The Morgan fingerprint density at radius 2 is 2.06 bits per heavy atom. The molecular formula is C9H7Cl2N3O2S2. The van der Waals surface area contributed by atoms with Gasteiger partial charge in [-0.15, -0.1) is 0 Å². The van der Waals surface area contributed by atoms with Crippen LogP contribution in [0.4, 0.5) is 5.69 Å². The van der Waals surface area contributed by atoms with Crippen LogP contribution in [0.1, 0.15) is 5.69 Å². The number of hydrogen-bond donors (Lipinski definition) is 1. The van der Waals surface area contributed by atoms with Crippen LogP contribution in [0.15, 0.2) is 22.5 Å². The predicted octanol–water partition coefficient (Wildman–Crippen LogP) is 2.95. The SMILES string of the molecule is Cc1nc(Cl)sc1S(=O)(=O)Nc1ccc(Cl)nc1. The average molecular weight is 324 g/mol. The molecule has 2 rings (SSSR count). The molecular weight excluding hydrogens is 317 g/mol. The molecule has 0 aliphatic carbocycles. The molecule has 0 atom stereocenters. The Hall–Kier alpha value is -0.890. The number of hydrogen-bond acceptors (Lipinski definition) is 5. The largest absolute Gasteiger partial charge is 0.277 e. The number of aromatic nitrogens is 2. The Bertz CT molecular complexity index is 668. The quantitative estimate of drug-likeness (QED) is 0.881. The Morgan fingerprint density at radius 1 is 1.33 bits per heavy atom. The lowest BCUT2D eigenvalue weighted by atomic mass is 10.4. The molecule has 0 aromatic carbocycles. The maximum Gasteiger partial charge on any atom is 0.273 e. The summed E-state index contributed by atoms with van der Waals surface area (Å²) in [6, 6.07) is 3.01. The molecule has 0 saturated carbocycles. The van der Waals surface area contributed by atoms with Gasteiger partial charge in [0.15, 0.2) is 8.68 Å². The highest BCUT2D eigenvalue weighted by molar-refractivity contribution is 7.94. The van der Waals surface area contributed by atoms with Gasteiger partial charge >= 0.3 is 0 Å². The number of halogens is 2. The predicted molar refractivity (Wildman–Crippen MR) is 71.9 cm³/mol. The van der Waals surface area contributed by atoms with Crippen molar-refractivity contribution in [1.82, 2.24) is 9.97 Å². The summed E-state index contributed by atoms with van der Waals surface area (Å²) in [5, 5.41) is 0.287. The van der Waals surface area contributed by atoms with Crippen LogP contribution in [0, 0.1) is 6.92 Å². The van der Waals surface area contributed by atoms with Gasteiger partial charge in [-0.25, -0.2) is 18.4 Å². The second-order valence-electron chi connectivity index (χ2n) is 3.31. The van der Waals surface area contributed by atoms with E-state index in [1.807, 2.05) is 0 Å². The molecule has 1 N–H and O–H groups in total. The average Bonchev–Trinajstić information content (AvgIpc) is 2.62. The molecule has 5 nitrogen and oxygen atoms in total. The van der Waals surface area contributed by atoms with Crippen molar-refractivity contribution in [1.29, 1.82) is 0 Å². The van der Waals surface area contributed by atoms with Crippen molar-refractivity contribution < 1.29 is 8.42 Å². The van der Waals surface area contributed by atoms with Crippen molar-refractivity contribution >= 4 is 50.2 Å². The minimum atomic E-state index is -3.70. The van der Waals surface area contributed by atoms with Crippen molar-refractivity contribution in [3.8, 4) is 0 Å². The van der Waals surface area contributed by atoms with Gasteiger partial charge in [0, 0.05) is 0 Å². The molecule has 2 aromatic heterocycles. The van der Waals surface area contributed by atoms with Crippen molar-refractivity contribution in [2.45, 2.75) is 11.1 Å². The smallest absolute Gasteiger partial charge is 0.273 e. The van der Waals surface area contributed by atoms with Crippen molar-refractivity contribution in [3.63, 3.8) is 0 Å². The Kier molecular flexibility index (Phi) is 3.76. The maximum atomic E-state index is 12.1. The van der Waals surface area contributed by atoms with Crippen molar-refractivity contribution in [2.75, 3.05) is 4.72 Å². The topological polar surface area (TPSA) is 72.0 Å². The van der Waals surface area contributed by atoms with Gasteiger partial charge in [0.2, 0.25) is 0 Å². The van der Waals surface area contributed by atoms with Crippen molar-refractivity contribution in [3.05, 3.63) is 33.6 Å². The van der Waals surface area contributed by atoms with Crippen LogP contribution in [-0.2, 0) is 10.0 Å². The van der Waals surface area contributed by atoms with Crippen LogP contribution in [-0.4, -0.2) is 18.4 Å². The van der Waals surface area contributed by atoms with E-state index >= 15 is 0 Å². The van der Waals surface area contributed by atoms with Gasteiger partial charge in [-0.05, 0) is 19.1 Å². The first kappa shape index (κ1) is 13.5. The number of thiazole rings is 1. The molecule has 0 amide bonds. The van der Waals surface area contributed by atoms with E-state index < -0.39 is 10.0 Å². The fraction of sp³-hybridized carbons (Fsp3) is 0.111. The second-order valence-corrected chi connectivity index (χ2v) is 7.16. The zero-order valence-electron chi connectivity index (χ0n) is 9.02. The Morgan fingerprint density at radius 3 is 2.56 bits per heavy atom. The first-order valence-corrected chi connectivity index (χ1v) is 7.71. The third kappa shape index (κ3) is 2.92. The lowest BCUT2D eigenvalue weighted by Crippen LogP contribution is -2.12. The monoisotopic (exact) mass is 323 g/mol. The van der Waals surface area contributed by atoms with Crippen LogP contribution in [0.2, 0.25) is 9.62 Å². The van der Waals surface area contributed by atoms with E-state index in [1.54, 1.807) is 6.92 Å². The molecule has 2 heterocycles. The zero-order valence-corrected chi connectivity index (χ0v) is 12.2. The fourth-order valence-electron chi connectivity index (χ4n) is 1.24. The summed E-state index contributed by atoms with van der Waals surface area (Å²) in [7, 11) is -3.70. The first-order chi connectivity index (χ1) is 8.38. The molecule has 0 fully saturated rings. The van der Waals surface area contributed by atoms with Crippen LogP contribution in [0.25, 0.3) is 0 Å². The van der Waals surface area contributed by atoms with Gasteiger partial charge in [-0.2, -0.15) is 0 Å². The normalized spacial score (nSPS) is 11.5. The number of nitrogens with zero attached hydrogens (tertiary/aromatic N) is 2. The third-order valence-electron chi connectivity index (χ3n) is 1.95. The number of sulfonamides is 1. The van der Waals surface area contributed by atoms with Crippen LogP contribution < -0.4 is 4.72 Å². The standard InChI is InChI=1S/C9H7Cl2N3O2S2/c1-5-8(17-9(11)13-5)18(15,16)14-6-2-3-7(10)12-4-6/h2-4,14H,1H3. The highest BCUT2D eigenvalue weighted by Gasteiger charge is 2.21. The number of anilines is 1. The molecule has 0 aliphatic rings. The number of rotatable bonds is 3. The first-order valence-electron chi connectivity index (χ1n) is 4.66. The maximum absolute atomic E-state index is 12.1. The molecule has 0 aliphatic heterocycles. The minimum Gasteiger partial charge on any atom is -0.277 e. The van der Waals surface area contributed by atoms with E-state index in [-0.39, 0.29) is 13.8 Å². The number of aryl methyl sites for hydroxylation is 1. The minimum absolute atomic E-state index is 0.0856. The molecule has 96 valence electrons. The highest BCUT2D eigenvalue weighted by Crippen LogP contribution is 2.28. The summed E-state index contributed by atoms with van der Waals surface area (Å²) < 4.78 is 26.8. The van der Waals surface area contributed by atoms with Gasteiger partial charge in [0.1, 0.15) is 5.15 Å². The summed E-state index contributed by atoms with van der Waals surface area (Å²) in [6.45, 7) is 1.58. The summed E-state index contributed by atoms with van der Waals surface area (Å²) >= 11 is 12.2. The van der Waals surface area contributed by atoms with Crippen LogP contribution in [0.5, 0.6) is 0 Å². The molecule has 0 radical (unpaired) electrons. The molecule has 0 unspecified atom stereocenters. The summed E-state index contributed by atoms with van der Waals surface area (Å²) in [6.07, 6.45) is 1.33. The Balaban J connectivity index is 2.33. The molecule has 18 heavy (non-hydrogen) atoms. The molecule has 0 saturated heterocycles. The molecule has 2 aromatic rings. The van der Waals surface area contributed by atoms with E-state index in [1.165, 1.54) is 18.3 Å². The van der Waals surface area contributed by atoms with E-state index in [2.05, 4.69) is 14.7 Å². The Labute approximate surface area is 118 Å². The van der Waals surface area contributed by atoms with Gasteiger partial charge < -0.3 is 0 Å². The molecule has 0 bridgehead atoms. The highest BCUT2D eigenvalue weighted by atomic mass is 35.5. The molecule has 0 spiro atoms. The number of nitrogens with one attached hydrogen (secondary N) is 1. The summed E-state index contributed by atoms with van der Waals surface area (Å²) in [5.41, 5.74) is 0.683. The van der Waals surface area contributed by atoms with Crippen LogP contribution >= 0.6 is 34.5 Å². The molecule has 9 heteroatoms. The van der Waals surface area contributed by atoms with E-state index in [0.29, 0.717) is 11.4 Å². The van der Waals surface area contributed by atoms with Gasteiger partial charge in [0.05, 0.1) is 17.6 Å². The van der Waals surface area contributed by atoms with Crippen LogP contribution in [0.3, 0.4) is 0 Å². The summed E-state index contributed by atoms with van der Waals surface area (Å²) in [5.74, 6) is 0. The van der Waals surface area contributed by atoms with Gasteiger partial charge in [-0.1, -0.05) is 34.5 Å². The number of pyridine rings is 1. The lowest BCUT2D eigenvalue weighted by molar-refractivity contribution is 0.602. The van der Waals surface area contributed by atoms with Gasteiger partial charge in [0.25, 0.3) is 10.0 Å². The summed E-state index contributed by atoms with van der Waals surface area (Å²) in [4.78, 5) is 7.65. The van der Waals surface area contributed by atoms with E-state index in [0.717, 1.165) is 11.3 Å².